The molecular formula is C32H33F3N4O2. The van der Waals surface area contributed by atoms with Crippen molar-refractivity contribution in [3.8, 4) is 11.1 Å². The van der Waals surface area contributed by atoms with Crippen LogP contribution >= 0.6 is 0 Å². The predicted octanol–water partition coefficient (Wildman–Crippen LogP) is 6.21. The highest BCUT2D eigenvalue weighted by Crippen LogP contribution is 2.42. The van der Waals surface area contributed by atoms with E-state index in [0.29, 0.717) is 23.3 Å². The van der Waals surface area contributed by atoms with Crippen molar-refractivity contribution in [3.05, 3.63) is 101 Å². The maximum atomic E-state index is 15.6. The number of nitrogens with two attached hydrogens (primary N) is 1. The standard InChI is InChI=1S/C32H33F3N4O2/c1-19-11-23-14-21(22-7-9-28(38-17-22)24(15-36)16-37-4)6-8-25(23)31(39(19)18-32(2,3)35)30-26(33)12-20(13-27(30)34)5-10-29(40)41/h5-10,12-17,19,31H,11,18,36H2,1-4H3,(H,40,41)/b10-5+,24-15?,37-16?. The number of carboxylic acids is 1. The summed E-state index contributed by atoms with van der Waals surface area (Å²) < 4.78 is 46.2. The lowest BCUT2D eigenvalue weighted by Gasteiger charge is -2.44. The van der Waals surface area contributed by atoms with Crippen molar-refractivity contribution in [3.63, 3.8) is 0 Å². The lowest BCUT2D eigenvalue weighted by Crippen LogP contribution is -2.48. The number of aromatic nitrogens is 1. The van der Waals surface area contributed by atoms with Crippen molar-refractivity contribution in [2.45, 2.75) is 44.9 Å². The minimum atomic E-state index is -1.62. The summed E-state index contributed by atoms with van der Waals surface area (Å²) in [7, 11) is 1.65. The molecule has 0 spiro atoms. The Kier molecular flexibility index (Phi) is 8.77. The fourth-order valence-electron chi connectivity index (χ4n) is 5.30. The second-order valence-electron chi connectivity index (χ2n) is 10.8. The smallest absolute Gasteiger partial charge is 0.328 e. The first-order chi connectivity index (χ1) is 19.4. The van der Waals surface area contributed by atoms with Crippen LogP contribution in [0.15, 0.2) is 65.9 Å². The third-order valence-corrected chi connectivity index (χ3v) is 7.04. The van der Waals surface area contributed by atoms with Gasteiger partial charge >= 0.3 is 5.97 Å². The Balaban J connectivity index is 1.80. The minimum Gasteiger partial charge on any atom is -0.478 e. The number of carboxylic acid groups (broad SMARTS) is 1. The lowest BCUT2D eigenvalue weighted by molar-refractivity contribution is -0.131. The highest BCUT2D eigenvalue weighted by molar-refractivity contribution is 6.08. The highest BCUT2D eigenvalue weighted by atomic mass is 19.1. The molecule has 1 aromatic heterocycles. The molecule has 0 saturated carbocycles. The van der Waals surface area contributed by atoms with Crippen molar-refractivity contribution in [2.75, 3.05) is 13.6 Å². The van der Waals surface area contributed by atoms with E-state index < -0.39 is 29.3 Å². The van der Waals surface area contributed by atoms with Gasteiger partial charge in [0.2, 0.25) is 0 Å². The molecule has 6 nitrogen and oxygen atoms in total. The number of halogens is 3. The summed E-state index contributed by atoms with van der Waals surface area (Å²) in [6, 6.07) is 10.5. The van der Waals surface area contributed by atoms with E-state index >= 15 is 8.78 Å². The molecule has 2 atom stereocenters. The summed E-state index contributed by atoms with van der Waals surface area (Å²) in [5.41, 5.74) is 8.62. The first-order valence-electron chi connectivity index (χ1n) is 13.2. The Hall–Kier alpha value is -4.24. The normalized spacial score (nSPS) is 18.3. The van der Waals surface area contributed by atoms with E-state index in [1.54, 1.807) is 24.4 Å². The van der Waals surface area contributed by atoms with Crippen LogP contribution in [0.25, 0.3) is 22.8 Å². The Morgan fingerprint density at radius 1 is 1.17 bits per heavy atom. The molecule has 9 heteroatoms. The van der Waals surface area contributed by atoms with Gasteiger partial charge in [-0.2, -0.15) is 0 Å². The zero-order valence-corrected chi connectivity index (χ0v) is 23.4. The van der Waals surface area contributed by atoms with Gasteiger partial charge in [-0.15, -0.1) is 0 Å². The zero-order valence-electron chi connectivity index (χ0n) is 23.4. The van der Waals surface area contributed by atoms with E-state index in [1.807, 2.05) is 37.3 Å². The van der Waals surface area contributed by atoms with Gasteiger partial charge in [0.25, 0.3) is 0 Å². The predicted molar refractivity (Wildman–Crippen MR) is 156 cm³/mol. The molecule has 1 aliphatic rings. The molecule has 1 aliphatic heterocycles. The highest BCUT2D eigenvalue weighted by Gasteiger charge is 2.39. The summed E-state index contributed by atoms with van der Waals surface area (Å²) in [5.74, 6) is -2.89. The number of hydrogen-bond donors (Lipinski definition) is 2. The van der Waals surface area contributed by atoms with Gasteiger partial charge in [0.15, 0.2) is 0 Å². The average Bonchev–Trinajstić information content (AvgIpc) is 2.91. The summed E-state index contributed by atoms with van der Waals surface area (Å²) in [6.07, 6.45) is 7.29. The molecule has 0 bridgehead atoms. The summed E-state index contributed by atoms with van der Waals surface area (Å²) in [4.78, 5) is 21.2. The number of aliphatic carboxylic acids is 1. The van der Waals surface area contributed by atoms with Crippen LogP contribution < -0.4 is 5.73 Å². The van der Waals surface area contributed by atoms with Crippen LogP contribution in [-0.2, 0) is 11.2 Å². The van der Waals surface area contributed by atoms with Gasteiger partial charge in [-0.1, -0.05) is 24.3 Å². The second kappa shape index (κ2) is 12.1. The van der Waals surface area contributed by atoms with Crippen LogP contribution in [0.2, 0.25) is 0 Å². The fraction of sp³-hybridized carbons (Fsp3) is 0.281. The number of benzene rings is 2. The van der Waals surface area contributed by atoms with Crippen molar-refractivity contribution in [1.29, 1.82) is 0 Å². The average molecular weight is 563 g/mol. The van der Waals surface area contributed by atoms with Crippen LogP contribution in [0.3, 0.4) is 0 Å². The topological polar surface area (TPSA) is 91.8 Å². The first kappa shape index (κ1) is 29.7. The van der Waals surface area contributed by atoms with Crippen LogP contribution in [0.4, 0.5) is 13.2 Å². The van der Waals surface area contributed by atoms with Gasteiger partial charge in [0, 0.05) is 61.0 Å². The van der Waals surface area contributed by atoms with Gasteiger partial charge in [0.1, 0.15) is 17.3 Å². The molecule has 0 aliphatic carbocycles. The number of fused-ring (bicyclic) bond motifs is 1. The molecule has 214 valence electrons. The van der Waals surface area contributed by atoms with Gasteiger partial charge in [-0.3, -0.25) is 14.9 Å². The van der Waals surface area contributed by atoms with Gasteiger partial charge in [-0.25, -0.2) is 18.0 Å². The number of pyridine rings is 1. The monoisotopic (exact) mass is 562 g/mol. The van der Waals surface area contributed by atoms with E-state index in [2.05, 4.69) is 9.98 Å². The molecule has 0 fully saturated rings. The van der Waals surface area contributed by atoms with E-state index in [0.717, 1.165) is 41.0 Å². The molecular weight excluding hydrogens is 529 g/mol. The first-order valence-corrected chi connectivity index (χ1v) is 13.2. The van der Waals surface area contributed by atoms with E-state index in [1.165, 1.54) is 20.0 Å². The molecule has 2 aromatic carbocycles. The van der Waals surface area contributed by atoms with Crippen molar-refractivity contribution < 1.29 is 23.1 Å². The van der Waals surface area contributed by atoms with Crippen molar-refractivity contribution >= 4 is 23.8 Å². The number of nitrogens with zero attached hydrogens (tertiary/aromatic N) is 3. The number of alkyl halides is 1. The van der Waals surface area contributed by atoms with Crippen LogP contribution in [0.1, 0.15) is 54.8 Å². The summed E-state index contributed by atoms with van der Waals surface area (Å²) in [6.45, 7) is 4.76. The van der Waals surface area contributed by atoms with E-state index in [9.17, 15) is 9.18 Å². The van der Waals surface area contributed by atoms with Gasteiger partial charge in [0.05, 0.1) is 11.7 Å². The minimum absolute atomic E-state index is 0.0387. The molecule has 2 unspecified atom stereocenters. The number of hydrogen-bond acceptors (Lipinski definition) is 5. The Labute approximate surface area is 237 Å². The maximum Gasteiger partial charge on any atom is 0.328 e. The SMILES string of the molecule is CN=CC(=CN)c1ccc(-c2ccc3c(c2)CC(C)N(CC(C)(C)F)C3c2c(F)cc(/C=C/C(=O)O)cc2F)cn1. The van der Waals surface area contributed by atoms with E-state index in [4.69, 9.17) is 10.8 Å². The second-order valence-corrected chi connectivity index (χ2v) is 10.8. The zero-order chi connectivity index (χ0) is 29.9. The maximum absolute atomic E-state index is 15.6. The van der Waals surface area contributed by atoms with Crippen molar-refractivity contribution in [2.24, 2.45) is 10.7 Å². The molecule has 0 amide bonds. The Morgan fingerprint density at radius 3 is 2.41 bits per heavy atom. The van der Waals surface area contributed by atoms with Crippen LogP contribution in [-0.4, -0.2) is 52.5 Å². The van der Waals surface area contributed by atoms with Crippen LogP contribution in [0, 0.1) is 11.6 Å². The third kappa shape index (κ3) is 6.74. The molecule has 41 heavy (non-hydrogen) atoms. The Bertz CT molecular complexity index is 1500. The Morgan fingerprint density at radius 2 is 1.85 bits per heavy atom. The largest absolute Gasteiger partial charge is 0.478 e. The third-order valence-electron chi connectivity index (χ3n) is 7.04. The molecule has 4 rings (SSSR count). The van der Waals surface area contributed by atoms with Crippen LogP contribution in [0.5, 0.6) is 0 Å². The molecule has 2 heterocycles. The number of carbonyl (C=O) groups is 1. The number of rotatable bonds is 8. The summed E-state index contributed by atoms with van der Waals surface area (Å²) >= 11 is 0. The summed E-state index contributed by atoms with van der Waals surface area (Å²) in [5, 5.41) is 8.90. The number of allylic oxidation sites excluding steroid dienone is 1. The lowest BCUT2D eigenvalue weighted by atomic mass is 9.82. The molecule has 3 aromatic rings. The molecule has 0 radical (unpaired) electrons. The quantitative estimate of drug-likeness (QED) is 0.252. The van der Waals surface area contributed by atoms with E-state index in [-0.39, 0.29) is 23.7 Å². The fourth-order valence-corrected chi connectivity index (χ4v) is 5.30. The van der Waals surface area contributed by atoms with Crippen molar-refractivity contribution in [1.82, 2.24) is 9.88 Å². The molecule has 3 N–H and O–H groups in total. The van der Waals surface area contributed by atoms with Gasteiger partial charge < -0.3 is 10.8 Å². The molecule has 0 saturated heterocycles. The number of aliphatic imine (C=N–C) groups is 1. The van der Waals surface area contributed by atoms with Gasteiger partial charge in [-0.05, 0) is 73.7 Å².